The SMILES string of the molecule is CC1(C)OB(C2C=CC3C(C2)OC2CCCC=C2C32C3CCC=CC3C3C=CCCC32)OC1(C)C. The van der Waals surface area contributed by atoms with Gasteiger partial charge in [0.15, 0.2) is 0 Å². The van der Waals surface area contributed by atoms with Gasteiger partial charge < -0.3 is 14.0 Å². The first-order chi connectivity index (χ1) is 16.8. The molecule has 35 heavy (non-hydrogen) atoms. The van der Waals surface area contributed by atoms with Crippen LogP contribution in [-0.4, -0.2) is 30.5 Å². The van der Waals surface area contributed by atoms with Gasteiger partial charge in [0, 0.05) is 17.2 Å². The summed E-state index contributed by atoms with van der Waals surface area (Å²) in [5.74, 6) is 3.61. The lowest BCUT2D eigenvalue weighted by Gasteiger charge is -2.59. The van der Waals surface area contributed by atoms with E-state index in [2.05, 4.69) is 70.2 Å². The molecule has 3 fully saturated rings. The molecule has 7 aliphatic rings. The van der Waals surface area contributed by atoms with Crippen LogP contribution in [0.25, 0.3) is 0 Å². The zero-order valence-electron chi connectivity index (χ0n) is 22.1. The zero-order valence-corrected chi connectivity index (χ0v) is 22.1. The minimum atomic E-state index is -0.287. The molecule has 8 atom stereocenters. The van der Waals surface area contributed by atoms with Crippen LogP contribution in [0.2, 0.25) is 5.82 Å². The van der Waals surface area contributed by atoms with Crippen LogP contribution in [0.5, 0.6) is 0 Å². The Morgan fingerprint density at radius 2 is 1.46 bits per heavy atom. The van der Waals surface area contributed by atoms with Crippen LogP contribution in [0.4, 0.5) is 0 Å². The van der Waals surface area contributed by atoms with E-state index in [0.717, 1.165) is 18.3 Å². The standard InChI is InChI=1S/C31H43BO3/c1-29(2)30(3,4)35-32(34-29)20-17-18-26-28(19-20)33-27-16-10-9-15-25(27)31(26)23-13-7-5-11-21(23)22-12-6-8-14-24(22)31/h5-6,11-12,15,17-18,20-24,26-28H,7-10,13-14,16,19H2,1-4H3. The Balaban J connectivity index is 1.31. The molecule has 8 unspecified atom stereocenters. The second kappa shape index (κ2) is 7.95. The fourth-order valence-electron chi connectivity index (χ4n) is 9.42. The lowest BCUT2D eigenvalue weighted by atomic mass is 9.49. The first kappa shape index (κ1) is 23.1. The molecule has 188 valence electrons. The maximum Gasteiger partial charge on any atom is 0.465 e. The first-order valence-electron chi connectivity index (χ1n) is 14.6. The summed E-state index contributed by atoms with van der Waals surface area (Å²) in [5.41, 5.74) is 1.39. The van der Waals surface area contributed by atoms with E-state index in [1.165, 1.54) is 44.9 Å². The summed E-state index contributed by atoms with van der Waals surface area (Å²) in [7, 11) is -0.181. The maximum atomic E-state index is 7.07. The Kier molecular flexibility index (Phi) is 5.24. The summed E-state index contributed by atoms with van der Waals surface area (Å²) in [6.07, 6.45) is 28.3. The van der Waals surface area contributed by atoms with Crippen LogP contribution >= 0.6 is 0 Å². The second-order valence-electron chi connectivity index (χ2n) is 13.5. The van der Waals surface area contributed by atoms with Gasteiger partial charge in [0.1, 0.15) is 0 Å². The van der Waals surface area contributed by atoms with Gasteiger partial charge in [-0.1, -0.05) is 42.5 Å². The smallest absolute Gasteiger partial charge is 0.403 e. The fraction of sp³-hybridized carbons (Fsp3) is 0.742. The third-order valence-corrected chi connectivity index (χ3v) is 11.5. The third-order valence-electron chi connectivity index (χ3n) is 11.5. The summed E-state index contributed by atoms with van der Waals surface area (Å²) in [5, 5.41) is 0. The molecular formula is C31H43BO3. The summed E-state index contributed by atoms with van der Waals surface area (Å²) < 4.78 is 20.1. The molecule has 2 heterocycles. The maximum absolute atomic E-state index is 7.07. The predicted octanol–water partition coefficient (Wildman–Crippen LogP) is 7.07. The summed E-state index contributed by atoms with van der Waals surface area (Å²) in [4.78, 5) is 0. The molecule has 0 N–H and O–H groups in total. The molecular weight excluding hydrogens is 431 g/mol. The van der Waals surface area contributed by atoms with Gasteiger partial charge in [-0.05, 0) is 108 Å². The number of allylic oxidation sites excluding steroid dienone is 6. The van der Waals surface area contributed by atoms with E-state index in [-0.39, 0.29) is 35.7 Å². The number of hydrogen-bond donors (Lipinski definition) is 0. The van der Waals surface area contributed by atoms with Gasteiger partial charge in [-0.3, -0.25) is 0 Å². The van der Waals surface area contributed by atoms with Crippen LogP contribution in [0.3, 0.4) is 0 Å². The third kappa shape index (κ3) is 3.15. The normalized spacial score (nSPS) is 48.8. The summed E-state index contributed by atoms with van der Waals surface area (Å²) >= 11 is 0. The Morgan fingerprint density at radius 3 is 2.11 bits per heavy atom. The molecule has 0 radical (unpaired) electrons. The van der Waals surface area contributed by atoms with Gasteiger partial charge >= 0.3 is 7.12 Å². The Morgan fingerprint density at radius 1 is 0.800 bits per heavy atom. The minimum absolute atomic E-state index is 0.181. The van der Waals surface area contributed by atoms with E-state index < -0.39 is 0 Å². The van der Waals surface area contributed by atoms with Crippen LogP contribution in [0.1, 0.15) is 79.1 Å². The van der Waals surface area contributed by atoms with Crippen molar-refractivity contribution in [3.05, 3.63) is 48.1 Å². The highest BCUT2D eigenvalue weighted by atomic mass is 16.7. The van der Waals surface area contributed by atoms with Crippen LogP contribution in [0, 0.1) is 35.0 Å². The Labute approximate surface area is 212 Å². The zero-order chi connectivity index (χ0) is 24.0. The molecule has 2 saturated heterocycles. The highest BCUT2D eigenvalue weighted by molar-refractivity contribution is 6.48. The van der Waals surface area contributed by atoms with Crippen molar-refractivity contribution in [3.8, 4) is 0 Å². The topological polar surface area (TPSA) is 27.7 Å². The minimum Gasteiger partial charge on any atom is -0.403 e. The Bertz CT molecular complexity index is 945. The monoisotopic (exact) mass is 474 g/mol. The Hall–Kier alpha value is -1.10. The molecule has 0 aromatic heterocycles. The molecule has 5 aliphatic carbocycles. The van der Waals surface area contributed by atoms with Crippen molar-refractivity contribution in [2.45, 2.75) is 108 Å². The molecule has 0 bridgehead atoms. The number of hydrogen-bond acceptors (Lipinski definition) is 3. The van der Waals surface area contributed by atoms with Crippen LogP contribution in [-0.2, 0) is 14.0 Å². The molecule has 0 aromatic carbocycles. The molecule has 0 aromatic rings. The molecule has 7 rings (SSSR count). The van der Waals surface area contributed by atoms with Gasteiger partial charge in [0.05, 0.1) is 23.4 Å². The van der Waals surface area contributed by atoms with Gasteiger partial charge in [0.2, 0.25) is 0 Å². The lowest BCUT2D eigenvalue weighted by Crippen LogP contribution is -2.57. The van der Waals surface area contributed by atoms with Gasteiger partial charge in [0.25, 0.3) is 0 Å². The number of fused-ring (bicyclic) bond motifs is 9. The van der Waals surface area contributed by atoms with E-state index in [4.69, 9.17) is 14.0 Å². The average Bonchev–Trinajstić information content (AvgIpc) is 3.27. The first-order valence-corrected chi connectivity index (χ1v) is 14.6. The van der Waals surface area contributed by atoms with Crippen molar-refractivity contribution >= 4 is 7.12 Å². The van der Waals surface area contributed by atoms with Crippen LogP contribution in [0.15, 0.2) is 48.1 Å². The number of rotatable bonds is 1. The predicted molar refractivity (Wildman–Crippen MR) is 141 cm³/mol. The lowest BCUT2D eigenvalue weighted by molar-refractivity contribution is -0.129. The highest BCUT2D eigenvalue weighted by Crippen LogP contribution is 2.71. The summed E-state index contributed by atoms with van der Waals surface area (Å²) in [6, 6.07) is 0. The largest absolute Gasteiger partial charge is 0.465 e. The van der Waals surface area contributed by atoms with Gasteiger partial charge in [-0.2, -0.15) is 0 Å². The van der Waals surface area contributed by atoms with E-state index in [1.54, 1.807) is 5.57 Å². The van der Waals surface area contributed by atoms with Crippen molar-refractivity contribution in [2.75, 3.05) is 0 Å². The van der Waals surface area contributed by atoms with Crippen molar-refractivity contribution in [2.24, 2.45) is 35.0 Å². The van der Waals surface area contributed by atoms with Crippen molar-refractivity contribution in [1.29, 1.82) is 0 Å². The van der Waals surface area contributed by atoms with E-state index in [1.807, 2.05) is 0 Å². The molecule has 1 spiro atoms. The average molecular weight is 474 g/mol. The van der Waals surface area contributed by atoms with Gasteiger partial charge in [-0.25, -0.2) is 0 Å². The molecule has 4 heteroatoms. The van der Waals surface area contributed by atoms with Crippen LogP contribution < -0.4 is 0 Å². The van der Waals surface area contributed by atoms with E-state index >= 15 is 0 Å². The molecule has 1 saturated carbocycles. The van der Waals surface area contributed by atoms with Crippen molar-refractivity contribution < 1.29 is 14.0 Å². The van der Waals surface area contributed by atoms with Crippen molar-refractivity contribution in [1.82, 2.24) is 0 Å². The number of ether oxygens (including phenoxy) is 1. The van der Waals surface area contributed by atoms with Crippen molar-refractivity contribution in [3.63, 3.8) is 0 Å². The van der Waals surface area contributed by atoms with E-state index in [9.17, 15) is 0 Å². The quantitative estimate of drug-likeness (QED) is 0.301. The highest BCUT2D eigenvalue weighted by Gasteiger charge is 2.67. The fourth-order valence-corrected chi connectivity index (χ4v) is 9.42. The molecule has 0 amide bonds. The summed E-state index contributed by atoms with van der Waals surface area (Å²) in [6.45, 7) is 8.66. The molecule has 3 nitrogen and oxygen atoms in total. The second-order valence-corrected chi connectivity index (χ2v) is 13.5. The van der Waals surface area contributed by atoms with E-state index in [0.29, 0.717) is 23.9 Å². The van der Waals surface area contributed by atoms with Gasteiger partial charge in [-0.15, -0.1) is 0 Å². The molecule has 2 aliphatic heterocycles.